The molecule has 0 saturated heterocycles. The molecule has 0 aliphatic heterocycles. The monoisotopic (exact) mass is 220 g/mol. The van der Waals surface area contributed by atoms with E-state index in [1.54, 1.807) is 17.1 Å². The van der Waals surface area contributed by atoms with E-state index < -0.39 is 5.97 Å². The zero-order chi connectivity index (χ0) is 11.7. The fourth-order valence-electron chi connectivity index (χ4n) is 1.51. The van der Waals surface area contributed by atoms with Crippen LogP contribution in [0.2, 0.25) is 0 Å². The molecule has 0 bridgehead atoms. The minimum absolute atomic E-state index is 0.276. The summed E-state index contributed by atoms with van der Waals surface area (Å²) in [7, 11) is 3.17. The Labute approximate surface area is 92.2 Å². The number of nitrogens with one attached hydrogen (secondary N) is 1. The molecule has 6 nitrogen and oxygen atoms in total. The predicted molar refractivity (Wildman–Crippen MR) is 56.9 cm³/mol. The summed E-state index contributed by atoms with van der Waals surface area (Å²) >= 11 is 0. The Morgan fingerprint density at radius 1 is 1.50 bits per heavy atom. The van der Waals surface area contributed by atoms with Gasteiger partial charge in [0.2, 0.25) is 0 Å². The second-order valence-corrected chi connectivity index (χ2v) is 3.41. The summed E-state index contributed by atoms with van der Waals surface area (Å²) in [5.74, 6) is -0.459. The molecule has 0 atom stereocenters. The molecule has 2 rings (SSSR count). The van der Waals surface area contributed by atoms with E-state index in [0.29, 0.717) is 5.56 Å². The molecule has 0 aliphatic carbocycles. The number of carbonyl (C=O) groups excluding carboxylic acids is 1. The van der Waals surface area contributed by atoms with Gasteiger partial charge in [0.1, 0.15) is 0 Å². The number of aryl methyl sites for hydroxylation is 1. The average molecular weight is 220 g/mol. The number of esters is 1. The molecule has 0 unspecified atom stereocenters. The lowest BCUT2D eigenvalue weighted by atomic mass is 10.1. The highest BCUT2D eigenvalue weighted by Crippen LogP contribution is 2.25. The highest BCUT2D eigenvalue weighted by molar-refractivity contribution is 5.95. The van der Waals surface area contributed by atoms with E-state index in [1.807, 2.05) is 14.0 Å². The second kappa shape index (κ2) is 3.80. The maximum atomic E-state index is 11.5. The van der Waals surface area contributed by atoms with Crippen molar-refractivity contribution in [3.8, 4) is 11.1 Å². The molecule has 0 aromatic carbocycles. The number of hydrogen-bond donors (Lipinski definition) is 1. The van der Waals surface area contributed by atoms with Gasteiger partial charge in [0.15, 0.2) is 5.69 Å². The second-order valence-electron chi connectivity index (χ2n) is 3.41. The average Bonchev–Trinajstić information content (AvgIpc) is 2.86. The van der Waals surface area contributed by atoms with Crippen molar-refractivity contribution in [1.29, 1.82) is 0 Å². The van der Waals surface area contributed by atoms with E-state index >= 15 is 0 Å². The zero-order valence-corrected chi connectivity index (χ0v) is 9.31. The van der Waals surface area contributed by atoms with Crippen LogP contribution in [0.5, 0.6) is 0 Å². The third-order valence-corrected chi connectivity index (χ3v) is 2.54. The van der Waals surface area contributed by atoms with Gasteiger partial charge in [-0.1, -0.05) is 0 Å². The van der Waals surface area contributed by atoms with Crippen LogP contribution in [0.25, 0.3) is 11.1 Å². The van der Waals surface area contributed by atoms with E-state index in [9.17, 15) is 4.79 Å². The molecule has 0 saturated carbocycles. The van der Waals surface area contributed by atoms with Crippen LogP contribution in [-0.2, 0) is 11.8 Å². The molecule has 6 heteroatoms. The number of hydrogen-bond acceptors (Lipinski definition) is 4. The number of carbonyl (C=O) groups is 1. The quantitative estimate of drug-likeness (QED) is 0.763. The van der Waals surface area contributed by atoms with Gasteiger partial charge in [0.25, 0.3) is 0 Å². The molecule has 2 aromatic heterocycles. The van der Waals surface area contributed by atoms with Crippen molar-refractivity contribution in [2.24, 2.45) is 7.05 Å². The van der Waals surface area contributed by atoms with Crippen LogP contribution in [0.1, 0.15) is 16.2 Å². The topological polar surface area (TPSA) is 72.8 Å². The molecule has 0 fully saturated rings. The number of rotatable bonds is 2. The van der Waals surface area contributed by atoms with Gasteiger partial charge in [-0.25, -0.2) is 4.79 Å². The third kappa shape index (κ3) is 1.48. The highest BCUT2D eigenvalue weighted by Gasteiger charge is 2.19. The molecule has 0 spiro atoms. The van der Waals surface area contributed by atoms with Gasteiger partial charge in [-0.05, 0) is 6.92 Å². The summed E-state index contributed by atoms with van der Waals surface area (Å²) in [6.45, 7) is 1.93. The van der Waals surface area contributed by atoms with E-state index in [4.69, 9.17) is 0 Å². The lowest BCUT2D eigenvalue weighted by Crippen LogP contribution is -2.03. The maximum Gasteiger partial charge on any atom is 0.359 e. The molecule has 0 amide bonds. The molecule has 0 radical (unpaired) electrons. The standard InChI is InChI=1S/C10H12N4O2/c1-6-7(5-12-14(6)2)8-4-11-13-9(8)10(15)16-3/h4-5H,1-3H3,(H,11,13). The van der Waals surface area contributed by atoms with Gasteiger partial charge in [-0.3, -0.25) is 9.78 Å². The van der Waals surface area contributed by atoms with Gasteiger partial charge in [-0.15, -0.1) is 0 Å². The fourth-order valence-corrected chi connectivity index (χ4v) is 1.51. The first-order valence-corrected chi connectivity index (χ1v) is 4.76. The Balaban J connectivity index is 2.53. The number of H-pyrrole nitrogens is 1. The Morgan fingerprint density at radius 3 is 2.81 bits per heavy atom. The Hall–Kier alpha value is -2.11. The number of nitrogens with zero attached hydrogens (tertiary/aromatic N) is 3. The molecule has 84 valence electrons. The first-order valence-electron chi connectivity index (χ1n) is 4.76. The van der Waals surface area contributed by atoms with Crippen LogP contribution in [0.3, 0.4) is 0 Å². The van der Waals surface area contributed by atoms with Crippen LogP contribution in [0, 0.1) is 6.92 Å². The Bertz CT molecular complexity index is 527. The predicted octanol–water partition coefficient (Wildman–Crippen LogP) is 0.905. The Kier molecular flexibility index (Phi) is 2.47. The SMILES string of the molecule is COC(=O)c1n[nH]cc1-c1cnn(C)c1C. The van der Waals surface area contributed by atoms with Crippen molar-refractivity contribution in [3.63, 3.8) is 0 Å². The van der Waals surface area contributed by atoms with Gasteiger partial charge in [-0.2, -0.15) is 10.2 Å². The molecule has 0 aliphatic rings. The normalized spacial score (nSPS) is 10.4. The van der Waals surface area contributed by atoms with Crippen LogP contribution in [-0.4, -0.2) is 33.1 Å². The summed E-state index contributed by atoms with van der Waals surface area (Å²) in [6, 6.07) is 0. The van der Waals surface area contributed by atoms with E-state index in [1.165, 1.54) is 7.11 Å². The summed E-state index contributed by atoms with van der Waals surface area (Å²) < 4.78 is 6.39. The van der Waals surface area contributed by atoms with Crippen molar-refractivity contribution in [3.05, 3.63) is 23.8 Å². The number of aromatic amines is 1. The van der Waals surface area contributed by atoms with Crippen molar-refractivity contribution in [2.45, 2.75) is 6.92 Å². The number of methoxy groups -OCH3 is 1. The van der Waals surface area contributed by atoms with Crippen molar-refractivity contribution < 1.29 is 9.53 Å². The molecule has 16 heavy (non-hydrogen) atoms. The fraction of sp³-hybridized carbons (Fsp3) is 0.300. The minimum Gasteiger partial charge on any atom is -0.464 e. The Morgan fingerprint density at radius 2 is 2.25 bits per heavy atom. The van der Waals surface area contributed by atoms with E-state index in [-0.39, 0.29) is 5.69 Å². The van der Waals surface area contributed by atoms with Gasteiger partial charge >= 0.3 is 5.97 Å². The summed E-state index contributed by atoms with van der Waals surface area (Å²) in [6.07, 6.45) is 3.36. The lowest BCUT2D eigenvalue weighted by molar-refractivity contribution is 0.0595. The molecule has 2 aromatic rings. The number of aromatic nitrogens is 4. The van der Waals surface area contributed by atoms with Crippen molar-refractivity contribution in [1.82, 2.24) is 20.0 Å². The maximum absolute atomic E-state index is 11.5. The van der Waals surface area contributed by atoms with Gasteiger partial charge in [0.05, 0.1) is 13.3 Å². The summed E-state index contributed by atoms with van der Waals surface area (Å²) in [5.41, 5.74) is 2.82. The van der Waals surface area contributed by atoms with Crippen molar-refractivity contribution >= 4 is 5.97 Å². The molecular weight excluding hydrogens is 208 g/mol. The first-order chi connectivity index (χ1) is 7.65. The van der Waals surface area contributed by atoms with E-state index in [0.717, 1.165) is 11.3 Å². The van der Waals surface area contributed by atoms with Crippen LogP contribution >= 0.6 is 0 Å². The van der Waals surface area contributed by atoms with Crippen LogP contribution in [0.15, 0.2) is 12.4 Å². The lowest BCUT2D eigenvalue weighted by Gasteiger charge is -2.00. The molecular formula is C10H12N4O2. The first kappa shape index (κ1) is 10.4. The third-order valence-electron chi connectivity index (χ3n) is 2.54. The highest BCUT2D eigenvalue weighted by atomic mass is 16.5. The van der Waals surface area contributed by atoms with Gasteiger partial charge in [0, 0.05) is 30.1 Å². The van der Waals surface area contributed by atoms with Crippen molar-refractivity contribution in [2.75, 3.05) is 7.11 Å². The van der Waals surface area contributed by atoms with Crippen LogP contribution < -0.4 is 0 Å². The van der Waals surface area contributed by atoms with Gasteiger partial charge < -0.3 is 4.74 Å². The zero-order valence-electron chi connectivity index (χ0n) is 9.31. The number of ether oxygens (including phenoxy) is 1. The largest absolute Gasteiger partial charge is 0.464 e. The smallest absolute Gasteiger partial charge is 0.359 e. The van der Waals surface area contributed by atoms with E-state index in [2.05, 4.69) is 20.0 Å². The summed E-state index contributed by atoms with van der Waals surface area (Å²) in [5, 5.41) is 10.7. The summed E-state index contributed by atoms with van der Waals surface area (Å²) in [4.78, 5) is 11.5. The minimum atomic E-state index is -0.459. The molecule has 1 N–H and O–H groups in total. The molecule has 2 heterocycles. The van der Waals surface area contributed by atoms with Crippen LogP contribution in [0.4, 0.5) is 0 Å².